The third-order valence-corrected chi connectivity index (χ3v) is 4.48. The van der Waals surface area contributed by atoms with Gasteiger partial charge in [-0.15, -0.1) is 0 Å². The lowest BCUT2D eigenvalue weighted by Crippen LogP contribution is -2.49. The fourth-order valence-electron chi connectivity index (χ4n) is 3.57. The van der Waals surface area contributed by atoms with Gasteiger partial charge in [0.2, 0.25) is 0 Å². The predicted octanol–water partition coefficient (Wildman–Crippen LogP) is 1.69. The van der Waals surface area contributed by atoms with Gasteiger partial charge in [0.15, 0.2) is 5.41 Å². The Morgan fingerprint density at radius 3 is 2.26 bits per heavy atom. The first-order valence-corrected chi connectivity index (χ1v) is 6.95. The maximum absolute atomic E-state index is 12.2. The van der Waals surface area contributed by atoms with Crippen molar-refractivity contribution in [1.82, 2.24) is 0 Å². The average molecular weight is 270 g/mol. The smallest absolute Gasteiger partial charge is 0.323 e. The summed E-state index contributed by atoms with van der Waals surface area (Å²) in [5, 5.41) is 0. The van der Waals surface area contributed by atoms with E-state index in [4.69, 9.17) is 14.2 Å². The van der Waals surface area contributed by atoms with E-state index in [9.17, 15) is 9.59 Å². The van der Waals surface area contributed by atoms with Crippen LogP contribution >= 0.6 is 0 Å². The molecule has 19 heavy (non-hydrogen) atoms. The second-order valence-electron chi connectivity index (χ2n) is 5.36. The number of methoxy groups -OCH3 is 2. The van der Waals surface area contributed by atoms with Gasteiger partial charge in [-0.3, -0.25) is 9.59 Å². The first-order chi connectivity index (χ1) is 9.16. The summed E-state index contributed by atoms with van der Waals surface area (Å²) in [6.07, 6.45) is 5.14. The van der Waals surface area contributed by atoms with Crippen LogP contribution in [0.5, 0.6) is 0 Å². The summed E-state index contributed by atoms with van der Waals surface area (Å²) < 4.78 is 15.6. The first-order valence-electron chi connectivity index (χ1n) is 6.95. The lowest BCUT2D eigenvalue weighted by atomic mass is 9.73. The molecule has 0 amide bonds. The normalized spacial score (nSPS) is 29.8. The molecule has 5 heteroatoms. The van der Waals surface area contributed by atoms with Crippen LogP contribution in [0, 0.1) is 11.3 Å². The lowest BCUT2D eigenvalue weighted by molar-refractivity contribution is -0.178. The molecule has 2 rings (SSSR count). The highest BCUT2D eigenvalue weighted by Gasteiger charge is 2.59. The molecule has 1 heterocycles. The molecule has 0 N–H and O–H groups in total. The number of ether oxygens (including phenoxy) is 3. The minimum atomic E-state index is -1.16. The van der Waals surface area contributed by atoms with Crippen LogP contribution < -0.4 is 0 Å². The van der Waals surface area contributed by atoms with Gasteiger partial charge in [-0.25, -0.2) is 0 Å². The van der Waals surface area contributed by atoms with Crippen LogP contribution in [0.3, 0.4) is 0 Å². The topological polar surface area (TPSA) is 61.8 Å². The van der Waals surface area contributed by atoms with E-state index in [1.165, 1.54) is 14.2 Å². The van der Waals surface area contributed by atoms with Crippen LogP contribution in [0.1, 0.15) is 38.5 Å². The fourth-order valence-corrected chi connectivity index (χ4v) is 3.57. The lowest BCUT2D eigenvalue weighted by Gasteiger charge is -2.36. The molecule has 0 aromatic heterocycles. The summed E-state index contributed by atoms with van der Waals surface area (Å²) in [5.41, 5.74) is -1.16. The molecule has 2 fully saturated rings. The second kappa shape index (κ2) is 5.90. The van der Waals surface area contributed by atoms with Crippen molar-refractivity contribution in [3.05, 3.63) is 0 Å². The number of carbonyl (C=O) groups excluding carboxylic acids is 2. The first kappa shape index (κ1) is 14.3. The maximum atomic E-state index is 12.2. The predicted molar refractivity (Wildman–Crippen MR) is 67.4 cm³/mol. The van der Waals surface area contributed by atoms with E-state index in [0.717, 1.165) is 32.1 Å². The van der Waals surface area contributed by atoms with E-state index >= 15 is 0 Å². The zero-order valence-electron chi connectivity index (χ0n) is 11.6. The van der Waals surface area contributed by atoms with Crippen LogP contribution in [-0.2, 0) is 23.8 Å². The van der Waals surface area contributed by atoms with Crippen LogP contribution in [0.4, 0.5) is 0 Å². The molecule has 2 aliphatic rings. The van der Waals surface area contributed by atoms with Crippen LogP contribution in [0.25, 0.3) is 0 Å². The number of hydrogen-bond donors (Lipinski definition) is 0. The van der Waals surface area contributed by atoms with Gasteiger partial charge in [0, 0.05) is 12.5 Å². The van der Waals surface area contributed by atoms with Crippen molar-refractivity contribution < 1.29 is 23.8 Å². The molecule has 108 valence electrons. The Bertz CT molecular complexity index is 330. The average Bonchev–Trinajstić information content (AvgIpc) is 2.92. The highest BCUT2D eigenvalue weighted by Crippen LogP contribution is 2.49. The Morgan fingerprint density at radius 1 is 1.05 bits per heavy atom. The molecule has 0 aromatic carbocycles. The molecule has 0 radical (unpaired) electrons. The van der Waals surface area contributed by atoms with Crippen LogP contribution in [-0.4, -0.2) is 38.9 Å². The Morgan fingerprint density at radius 2 is 1.74 bits per heavy atom. The Kier molecular flexibility index (Phi) is 4.45. The number of esters is 2. The van der Waals surface area contributed by atoms with Crippen molar-refractivity contribution >= 4 is 11.9 Å². The maximum Gasteiger partial charge on any atom is 0.323 e. The zero-order chi connectivity index (χ0) is 13.9. The van der Waals surface area contributed by atoms with Gasteiger partial charge in [-0.2, -0.15) is 0 Å². The molecule has 1 saturated heterocycles. The van der Waals surface area contributed by atoms with E-state index in [2.05, 4.69) is 0 Å². The van der Waals surface area contributed by atoms with Gasteiger partial charge in [0.1, 0.15) is 0 Å². The Balaban J connectivity index is 2.28. The highest BCUT2D eigenvalue weighted by molar-refractivity contribution is 6.00. The largest absolute Gasteiger partial charge is 0.468 e. The number of carbonyl (C=O) groups is 2. The van der Waals surface area contributed by atoms with E-state index in [0.29, 0.717) is 13.0 Å². The molecule has 0 aromatic rings. The third kappa shape index (κ3) is 2.36. The monoisotopic (exact) mass is 270 g/mol. The van der Waals surface area contributed by atoms with Gasteiger partial charge >= 0.3 is 11.9 Å². The summed E-state index contributed by atoms with van der Waals surface area (Å²) in [6.45, 7) is 0.708. The van der Waals surface area contributed by atoms with Crippen LogP contribution in [0.15, 0.2) is 0 Å². The van der Waals surface area contributed by atoms with Gasteiger partial charge in [0.05, 0.1) is 20.3 Å². The van der Waals surface area contributed by atoms with Crippen molar-refractivity contribution in [2.45, 2.75) is 44.6 Å². The summed E-state index contributed by atoms with van der Waals surface area (Å²) in [5.74, 6) is -1.07. The SMILES string of the molecule is COC(=O)C1(C(=O)OC)CCCC1C1CCCCO1. The molecule has 0 spiro atoms. The standard InChI is InChI=1S/C14H22O5/c1-17-12(15)14(13(16)18-2)8-5-6-10(14)11-7-3-4-9-19-11/h10-11H,3-9H2,1-2H3. The number of hydrogen-bond acceptors (Lipinski definition) is 5. The van der Waals surface area contributed by atoms with Gasteiger partial charge in [-0.05, 0) is 32.1 Å². The number of rotatable bonds is 3. The minimum absolute atomic E-state index is 0.0329. The van der Waals surface area contributed by atoms with Gasteiger partial charge in [0.25, 0.3) is 0 Å². The Labute approximate surface area is 113 Å². The molecular formula is C14H22O5. The van der Waals surface area contributed by atoms with E-state index < -0.39 is 17.4 Å². The Hall–Kier alpha value is -1.10. The van der Waals surface area contributed by atoms with Crippen LogP contribution in [0.2, 0.25) is 0 Å². The van der Waals surface area contributed by atoms with E-state index in [-0.39, 0.29) is 12.0 Å². The van der Waals surface area contributed by atoms with Crippen molar-refractivity contribution in [2.75, 3.05) is 20.8 Å². The molecule has 0 bridgehead atoms. The molecule has 1 saturated carbocycles. The summed E-state index contributed by atoms with van der Waals surface area (Å²) >= 11 is 0. The van der Waals surface area contributed by atoms with Crippen molar-refractivity contribution in [3.8, 4) is 0 Å². The molecule has 1 aliphatic heterocycles. The molecule has 1 aliphatic carbocycles. The molecule has 5 nitrogen and oxygen atoms in total. The minimum Gasteiger partial charge on any atom is -0.468 e. The third-order valence-electron chi connectivity index (χ3n) is 4.48. The molecule has 2 atom stereocenters. The van der Waals surface area contributed by atoms with Gasteiger partial charge in [-0.1, -0.05) is 6.42 Å². The fraction of sp³-hybridized carbons (Fsp3) is 0.857. The highest BCUT2D eigenvalue weighted by atomic mass is 16.5. The van der Waals surface area contributed by atoms with Gasteiger partial charge < -0.3 is 14.2 Å². The second-order valence-corrected chi connectivity index (χ2v) is 5.36. The van der Waals surface area contributed by atoms with Crippen molar-refractivity contribution in [1.29, 1.82) is 0 Å². The summed E-state index contributed by atoms with van der Waals surface area (Å²) in [6, 6.07) is 0. The van der Waals surface area contributed by atoms with E-state index in [1.807, 2.05) is 0 Å². The molecule has 2 unspecified atom stereocenters. The van der Waals surface area contributed by atoms with E-state index in [1.54, 1.807) is 0 Å². The summed E-state index contributed by atoms with van der Waals surface area (Å²) in [4.78, 5) is 24.4. The zero-order valence-corrected chi connectivity index (χ0v) is 11.6. The summed E-state index contributed by atoms with van der Waals surface area (Å²) in [7, 11) is 2.65. The van der Waals surface area contributed by atoms with Crippen molar-refractivity contribution in [2.24, 2.45) is 11.3 Å². The quantitative estimate of drug-likeness (QED) is 0.577. The molecular weight excluding hydrogens is 248 g/mol. The van der Waals surface area contributed by atoms with Crippen molar-refractivity contribution in [3.63, 3.8) is 0 Å².